The second-order valence-electron chi connectivity index (χ2n) is 5.34. The van der Waals surface area contributed by atoms with Crippen molar-refractivity contribution in [3.05, 3.63) is 42.5 Å². The van der Waals surface area contributed by atoms with Crippen LogP contribution < -0.4 is 9.64 Å². The highest BCUT2D eigenvalue weighted by atomic mass is 16.5. The van der Waals surface area contributed by atoms with Crippen molar-refractivity contribution in [2.24, 2.45) is 0 Å². The summed E-state index contributed by atoms with van der Waals surface area (Å²) in [6.07, 6.45) is -0.646. The molecule has 0 bridgehead atoms. The Morgan fingerprint density at radius 2 is 1.64 bits per heavy atom. The summed E-state index contributed by atoms with van der Waals surface area (Å²) in [4.78, 5) is 0.957. The minimum Gasteiger partial charge on any atom is -0.490 e. The fraction of sp³-hybridized carbons (Fsp3) is 0.412. The van der Waals surface area contributed by atoms with E-state index in [1.807, 2.05) is 42.5 Å². The summed E-state index contributed by atoms with van der Waals surface area (Å²) in [6.45, 7) is 1.70. The van der Waals surface area contributed by atoms with Crippen molar-refractivity contribution in [3.63, 3.8) is 0 Å². The molecule has 0 aliphatic carbocycles. The van der Waals surface area contributed by atoms with Gasteiger partial charge in [0.05, 0.1) is 13.2 Å². The van der Waals surface area contributed by atoms with Crippen LogP contribution in [-0.2, 0) is 0 Å². The van der Waals surface area contributed by atoms with E-state index >= 15 is 0 Å². The van der Waals surface area contributed by atoms with Gasteiger partial charge in [-0.05, 0) is 11.5 Å². The Hall–Kier alpha value is -1.66. The van der Waals surface area contributed by atoms with Gasteiger partial charge in [0.15, 0.2) is 0 Å². The first-order valence-corrected chi connectivity index (χ1v) is 7.58. The van der Waals surface area contributed by atoms with E-state index in [1.165, 1.54) is 0 Å². The zero-order valence-corrected chi connectivity index (χ0v) is 12.6. The number of fused-ring (bicyclic) bond motifs is 1. The lowest BCUT2D eigenvalue weighted by molar-refractivity contribution is -0.903. The Balaban J connectivity index is 1.93. The lowest BCUT2D eigenvalue weighted by atomic mass is 10.1. The standard InChI is InChI=1S/C17H23NO4/c19-10-8-18(9-11-20)12-15(21)13-22-17-7-3-5-14-4-1-2-6-16(14)17/h1-7,15,19-21H,8-13H2/p+1. The SMILES string of the molecule is OCC[NH+](CCO)CC(O)COc1cccc2ccccc12. The Morgan fingerprint density at radius 3 is 2.36 bits per heavy atom. The Morgan fingerprint density at radius 1 is 0.955 bits per heavy atom. The topological polar surface area (TPSA) is 74.4 Å². The van der Waals surface area contributed by atoms with Crippen LogP contribution in [0.1, 0.15) is 0 Å². The molecule has 2 rings (SSSR count). The molecule has 22 heavy (non-hydrogen) atoms. The molecule has 1 atom stereocenters. The van der Waals surface area contributed by atoms with Gasteiger partial charge in [0, 0.05) is 5.39 Å². The van der Waals surface area contributed by atoms with Crippen molar-refractivity contribution in [2.75, 3.05) is 39.5 Å². The summed E-state index contributed by atoms with van der Waals surface area (Å²) < 4.78 is 5.75. The predicted molar refractivity (Wildman–Crippen MR) is 85.2 cm³/mol. The van der Waals surface area contributed by atoms with E-state index in [9.17, 15) is 5.11 Å². The van der Waals surface area contributed by atoms with Gasteiger partial charge in [0.25, 0.3) is 0 Å². The van der Waals surface area contributed by atoms with Crippen molar-refractivity contribution in [2.45, 2.75) is 6.10 Å². The first-order chi connectivity index (χ1) is 10.7. The second kappa shape index (κ2) is 8.70. The number of hydrogen-bond acceptors (Lipinski definition) is 4. The van der Waals surface area contributed by atoms with Crippen molar-refractivity contribution in [3.8, 4) is 5.75 Å². The molecular weight excluding hydrogens is 282 g/mol. The summed E-state index contributed by atoms with van der Waals surface area (Å²) in [5.41, 5.74) is 0. The molecule has 0 aromatic heterocycles. The van der Waals surface area contributed by atoms with Gasteiger partial charge in [-0.2, -0.15) is 0 Å². The van der Waals surface area contributed by atoms with Crippen molar-refractivity contribution in [1.29, 1.82) is 0 Å². The maximum absolute atomic E-state index is 10.1. The summed E-state index contributed by atoms with van der Waals surface area (Å²) in [5, 5.41) is 30.2. The third kappa shape index (κ3) is 4.68. The number of benzene rings is 2. The molecule has 4 N–H and O–H groups in total. The van der Waals surface area contributed by atoms with E-state index in [4.69, 9.17) is 14.9 Å². The molecule has 0 saturated carbocycles. The minimum atomic E-state index is -0.646. The van der Waals surface area contributed by atoms with Gasteiger partial charge in [-0.3, -0.25) is 0 Å². The van der Waals surface area contributed by atoms with E-state index < -0.39 is 6.10 Å². The van der Waals surface area contributed by atoms with E-state index in [0.717, 1.165) is 21.4 Å². The summed E-state index contributed by atoms with van der Waals surface area (Å²) in [7, 11) is 0. The molecule has 0 spiro atoms. The lowest BCUT2D eigenvalue weighted by Crippen LogP contribution is -3.14. The van der Waals surface area contributed by atoms with Gasteiger partial charge in [0.2, 0.25) is 0 Å². The monoisotopic (exact) mass is 306 g/mol. The molecule has 0 amide bonds. The highest BCUT2D eigenvalue weighted by Gasteiger charge is 2.15. The second-order valence-corrected chi connectivity index (χ2v) is 5.34. The number of nitrogens with one attached hydrogen (secondary N) is 1. The normalized spacial score (nSPS) is 12.7. The average molecular weight is 306 g/mol. The molecule has 1 unspecified atom stereocenters. The number of rotatable bonds is 9. The van der Waals surface area contributed by atoms with Crippen molar-refractivity contribution in [1.82, 2.24) is 0 Å². The van der Waals surface area contributed by atoms with Crippen molar-refractivity contribution < 1.29 is 25.0 Å². The van der Waals surface area contributed by atoms with Gasteiger partial charge in [0.1, 0.15) is 38.1 Å². The van der Waals surface area contributed by atoms with Crippen LogP contribution in [0, 0.1) is 0 Å². The number of hydrogen-bond donors (Lipinski definition) is 4. The van der Waals surface area contributed by atoms with Gasteiger partial charge in [-0.25, -0.2) is 0 Å². The smallest absolute Gasteiger partial charge is 0.137 e. The third-order valence-corrected chi connectivity index (χ3v) is 3.64. The van der Waals surface area contributed by atoms with Crippen LogP contribution in [0.5, 0.6) is 5.75 Å². The minimum absolute atomic E-state index is 0.0340. The largest absolute Gasteiger partial charge is 0.490 e. The highest BCUT2D eigenvalue weighted by molar-refractivity contribution is 5.88. The van der Waals surface area contributed by atoms with Crippen LogP contribution in [0.15, 0.2) is 42.5 Å². The molecule has 5 heteroatoms. The van der Waals surface area contributed by atoms with Crippen LogP contribution in [-0.4, -0.2) is 60.9 Å². The maximum Gasteiger partial charge on any atom is 0.137 e. The molecule has 0 saturated heterocycles. The van der Waals surface area contributed by atoms with Gasteiger partial charge in [-0.15, -0.1) is 0 Å². The molecule has 120 valence electrons. The molecule has 0 aliphatic heterocycles. The molecular formula is C17H24NO4+. The quantitative estimate of drug-likeness (QED) is 0.501. The number of quaternary nitrogens is 1. The summed E-state index contributed by atoms with van der Waals surface area (Å²) >= 11 is 0. The Kier molecular flexibility index (Phi) is 6.61. The van der Waals surface area contributed by atoms with E-state index in [1.54, 1.807) is 0 Å². The molecule has 0 fully saturated rings. The molecule has 5 nitrogen and oxygen atoms in total. The van der Waals surface area contributed by atoms with E-state index in [-0.39, 0.29) is 19.8 Å². The predicted octanol–water partition coefficient (Wildman–Crippen LogP) is -0.551. The van der Waals surface area contributed by atoms with E-state index in [2.05, 4.69) is 0 Å². The highest BCUT2D eigenvalue weighted by Crippen LogP contribution is 2.25. The van der Waals surface area contributed by atoms with Gasteiger partial charge >= 0.3 is 0 Å². The van der Waals surface area contributed by atoms with Crippen LogP contribution >= 0.6 is 0 Å². The van der Waals surface area contributed by atoms with Gasteiger partial charge < -0.3 is 25.0 Å². The lowest BCUT2D eigenvalue weighted by Gasteiger charge is -2.21. The van der Waals surface area contributed by atoms with Crippen LogP contribution in [0.4, 0.5) is 0 Å². The van der Waals surface area contributed by atoms with Crippen LogP contribution in [0.2, 0.25) is 0 Å². The molecule has 0 aliphatic rings. The first kappa shape index (κ1) is 16.7. The van der Waals surface area contributed by atoms with Gasteiger partial charge in [-0.1, -0.05) is 36.4 Å². The fourth-order valence-corrected chi connectivity index (χ4v) is 2.55. The van der Waals surface area contributed by atoms with Crippen molar-refractivity contribution >= 4 is 10.8 Å². The number of aliphatic hydroxyl groups is 3. The number of aliphatic hydroxyl groups excluding tert-OH is 3. The molecule has 2 aromatic rings. The van der Waals surface area contributed by atoms with Crippen LogP contribution in [0.25, 0.3) is 10.8 Å². The first-order valence-electron chi connectivity index (χ1n) is 7.58. The van der Waals surface area contributed by atoms with Crippen LogP contribution in [0.3, 0.4) is 0 Å². The zero-order chi connectivity index (χ0) is 15.8. The molecule has 2 aromatic carbocycles. The Labute approximate surface area is 130 Å². The zero-order valence-electron chi connectivity index (χ0n) is 12.6. The van der Waals surface area contributed by atoms with E-state index in [0.29, 0.717) is 19.6 Å². The fourth-order valence-electron chi connectivity index (χ4n) is 2.55. The summed E-state index contributed by atoms with van der Waals surface area (Å²) in [5.74, 6) is 0.753. The average Bonchev–Trinajstić information content (AvgIpc) is 2.53. The Bertz CT molecular complexity index is 564. The third-order valence-electron chi connectivity index (χ3n) is 3.64. The number of ether oxygens (including phenoxy) is 1. The molecule has 0 radical (unpaired) electrons. The summed E-state index contributed by atoms with van der Waals surface area (Å²) in [6, 6.07) is 13.8. The maximum atomic E-state index is 10.1. The molecule has 0 heterocycles.